The SMILES string of the molecule is CCOc1ccccc1NC(=O)CN1CCCC1C(=O)Nc1cc(Cl)cc(Cl)c1. The van der Waals surface area contributed by atoms with Gasteiger partial charge in [-0.3, -0.25) is 14.5 Å². The van der Waals surface area contributed by atoms with Crippen molar-refractivity contribution in [3.8, 4) is 5.75 Å². The topological polar surface area (TPSA) is 70.7 Å². The number of rotatable bonds is 7. The van der Waals surface area contributed by atoms with E-state index in [-0.39, 0.29) is 24.4 Å². The minimum Gasteiger partial charge on any atom is -0.492 e. The molecule has 8 heteroatoms. The highest BCUT2D eigenvalue weighted by Gasteiger charge is 2.32. The van der Waals surface area contributed by atoms with Crippen molar-refractivity contribution in [1.29, 1.82) is 0 Å². The van der Waals surface area contributed by atoms with Gasteiger partial charge in [0.05, 0.1) is 24.9 Å². The van der Waals surface area contributed by atoms with E-state index in [4.69, 9.17) is 27.9 Å². The van der Waals surface area contributed by atoms with Gasteiger partial charge in [0.2, 0.25) is 11.8 Å². The van der Waals surface area contributed by atoms with Crippen LogP contribution in [0.1, 0.15) is 19.8 Å². The third-order valence-electron chi connectivity index (χ3n) is 4.60. The number of halogens is 2. The maximum absolute atomic E-state index is 12.7. The molecule has 3 rings (SSSR count). The van der Waals surface area contributed by atoms with E-state index >= 15 is 0 Å². The number of hydrogen-bond acceptors (Lipinski definition) is 4. The first-order chi connectivity index (χ1) is 14.0. The van der Waals surface area contributed by atoms with Crippen LogP contribution in [0.3, 0.4) is 0 Å². The van der Waals surface area contributed by atoms with Crippen LogP contribution in [0.25, 0.3) is 0 Å². The number of anilines is 2. The van der Waals surface area contributed by atoms with Gasteiger partial charge in [0.25, 0.3) is 0 Å². The fraction of sp³-hybridized carbons (Fsp3) is 0.333. The Morgan fingerprint density at radius 1 is 1.14 bits per heavy atom. The van der Waals surface area contributed by atoms with Gasteiger partial charge in [0.1, 0.15) is 5.75 Å². The summed E-state index contributed by atoms with van der Waals surface area (Å²) in [6, 6.07) is 11.8. The summed E-state index contributed by atoms with van der Waals surface area (Å²) < 4.78 is 5.54. The highest BCUT2D eigenvalue weighted by atomic mass is 35.5. The zero-order valence-electron chi connectivity index (χ0n) is 16.1. The van der Waals surface area contributed by atoms with E-state index in [2.05, 4.69) is 10.6 Å². The van der Waals surface area contributed by atoms with Crippen LogP contribution in [-0.4, -0.2) is 42.5 Å². The lowest BCUT2D eigenvalue weighted by atomic mass is 10.2. The highest BCUT2D eigenvalue weighted by Crippen LogP contribution is 2.26. The molecule has 1 atom stereocenters. The molecule has 0 spiro atoms. The van der Waals surface area contributed by atoms with E-state index in [9.17, 15) is 9.59 Å². The number of likely N-dealkylation sites (tertiary alicyclic amines) is 1. The zero-order valence-corrected chi connectivity index (χ0v) is 17.6. The molecule has 1 heterocycles. The van der Waals surface area contributed by atoms with Gasteiger partial charge in [-0.15, -0.1) is 0 Å². The third-order valence-corrected chi connectivity index (χ3v) is 5.04. The minimum atomic E-state index is -0.388. The van der Waals surface area contributed by atoms with Gasteiger partial charge in [0.15, 0.2) is 0 Å². The van der Waals surface area contributed by atoms with Gasteiger partial charge >= 0.3 is 0 Å². The van der Waals surface area contributed by atoms with Crippen molar-refractivity contribution in [1.82, 2.24) is 4.90 Å². The number of nitrogens with zero attached hydrogens (tertiary/aromatic N) is 1. The second-order valence-electron chi connectivity index (χ2n) is 6.75. The molecule has 2 aromatic carbocycles. The second-order valence-corrected chi connectivity index (χ2v) is 7.63. The fourth-order valence-corrected chi connectivity index (χ4v) is 3.92. The molecule has 0 radical (unpaired) electrons. The summed E-state index contributed by atoms with van der Waals surface area (Å²) in [6.45, 7) is 3.19. The van der Waals surface area contributed by atoms with Crippen LogP contribution >= 0.6 is 23.2 Å². The molecular formula is C21H23Cl2N3O3. The molecule has 2 amide bonds. The van der Waals surface area contributed by atoms with E-state index in [1.807, 2.05) is 24.0 Å². The average molecular weight is 436 g/mol. The van der Waals surface area contributed by atoms with Crippen molar-refractivity contribution in [2.75, 3.05) is 30.3 Å². The van der Waals surface area contributed by atoms with E-state index in [1.165, 1.54) is 0 Å². The number of benzene rings is 2. The Morgan fingerprint density at radius 3 is 2.59 bits per heavy atom. The van der Waals surface area contributed by atoms with Crippen LogP contribution in [0.15, 0.2) is 42.5 Å². The number of para-hydroxylation sites is 2. The molecule has 1 saturated heterocycles. The largest absolute Gasteiger partial charge is 0.492 e. The lowest BCUT2D eigenvalue weighted by Gasteiger charge is -2.23. The summed E-state index contributed by atoms with van der Waals surface area (Å²) >= 11 is 12.0. The fourth-order valence-electron chi connectivity index (χ4n) is 3.39. The monoisotopic (exact) mass is 435 g/mol. The van der Waals surface area contributed by atoms with Gasteiger partial charge in [-0.1, -0.05) is 35.3 Å². The highest BCUT2D eigenvalue weighted by molar-refractivity contribution is 6.35. The Kier molecular flexibility index (Phi) is 7.36. The Balaban J connectivity index is 1.61. The lowest BCUT2D eigenvalue weighted by Crippen LogP contribution is -2.43. The Labute approximate surface area is 180 Å². The van der Waals surface area contributed by atoms with Crippen molar-refractivity contribution < 1.29 is 14.3 Å². The number of carbonyl (C=O) groups is 2. The van der Waals surface area contributed by atoms with Crippen LogP contribution in [0.5, 0.6) is 5.75 Å². The molecular weight excluding hydrogens is 413 g/mol. The maximum Gasteiger partial charge on any atom is 0.241 e. The predicted octanol–water partition coefficient (Wildman–Crippen LogP) is 4.43. The van der Waals surface area contributed by atoms with Gasteiger partial charge in [-0.25, -0.2) is 0 Å². The number of hydrogen-bond donors (Lipinski definition) is 2. The first kappa shape index (κ1) is 21.4. The summed E-state index contributed by atoms with van der Waals surface area (Å²) in [5.74, 6) is 0.253. The zero-order chi connectivity index (χ0) is 20.8. The van der Waals surface area contributed by atoms with Gasteiger partial charge in [0, 0.05) is 15.7 Å². The Hall–Kier alpha value is -2.28. The number of nitrogens with one attached hydrogen (secondary N) is 2. The van der Waals surface area contributed by atoms with Crippen molar-refractivity contribution in [2.24, 2.45) is 0 Å². The van der Waals surface area contributed by atoms with Gasteiger partial charge in [-0.2, -0.15) is 0 Å². The Morgan fingerprint density at radius 2 is 1.86 bits per heavy atom. The smallest absolute Gasteiger partial charge is 0.241 e. The minimum absolute atomic E-state index is 0.120. The third kappa shape index (κ3) is 5.85. The predicted molar refractivity (Wildman–Crippen MR) is 116 cm³/mol. The standard InChI is InChI=1S/C21H23Cl2N3O3/c1-2-29-19-8-4-3-6-17(19)25-20(27)13-26-9-5-7-18(26)21(28)24-16-11-14(22)10-15(23)12-16/h3-4,6,8,10-12,18H,2,5,7,9,13H2,1H3,(H,24,28)(H,25,27). The second kappa shape index (κ2) is 9.96. The van der Waals surface area contributed by atoms with E-state index < -0.39 is 0 Å². The molecule has 1 aliphatic heterocycles. The summed E-state index contributed by atoms with van der Waals surface area (Å²) in [4.78, 5) is 27.2. The van der Waals surface area contributed by atoms with Crippen molar-refractivity contribution in [3.05, 3.63) is 52.5 Å². The van der Waals surface area contributed by atoms with E-state index in [1.54, 1.807) is 30.3 Å². The first-order valence-corrected chi connectivity index (χ1v) is 10.2. The normalized spacial score (nSPS) is 16.4. The Bertz CT molecular complexity index is 871. The lowest BCUT2D eigenvalue weighted by molar-refractivity contribution is -0.122. The average Bonchev–Trinajstić information content (AvgIpc) is 3.11. The molecule has 0 aliphatic carbocycles. The number of amides is 2. The van der Waals surface area contributed by atoms with Crippen LogP contribution in [0.2, 0.25) is 10.0 Å². The summed E-state index contributed by atoms with van der Waals surface area (Å²) in [7, 11) is 0. The van der Waals surface area contributed by atoms with Gasteiger partial charge in [-0.05, 0) is 56.6 Å². The van der Waals surface area contributed by atoms with Gasteiger partial charge < -0.3 is 15.4 Å². The van der Waals surface area contributed by atoms with E-state index in [0.29, 0.717) is 46.7 Å². The van der Waals surface area contributed by atoms with E-state index in [0.717, 1.165) is 6.42 Å². The molecule has 0 bridgehead atoms. The van der Waals surface area contributed by atoms with Crippen LogP contribution < -0.4 is 15.4 Å². The molecule has 154 valence electrons. The molecule has 29 heavy (non-hydrogen) atoms. The van der Waals surface area contributed by atoms with Crippen molar-refractivity contribution >= 4 is 46.4 Å². The summed E-state index contributed by atoms with van der Waals surface area (Å²) in [5, 5.41) is 6.61. The molecule has 1 unspecified atom stereocenters. The molecule has 0 saturated carbocycles. The first-order valence-electron chi connectivity index (χ1n) is 9.49. The van der Waals surface area contributed by atoms with Crippen LogP contribution in [0.4, 0.5) is 11.4 Å². The molecule has 6 nitrogen and oxygen atoms in total. The number of ether oxygens (including phenoxy) is 1. The molecule has 1 fully saturated rings. The summed E-state index contributed by atoms with van der Waals surface area (Å²) in [6.07, 6.45) is 1.53. The van der Waals surface area contributed by atoms with Crippen LogP contribution in [-0.2, 0) is 9.59 Å². The molecule has 1 aliphatic rings. The number of carbonyl (C=O) groups excluding carboxylic acids is 2. The molecule has 0 aromatic heterocycles. The van der Waals surface area contributed by atoms with Crippen molar-refractivity contribution in [3.63, 3.8) is 0 Å². The summed E-state index contributed by atoms with van der Waals surface area (Å²) in [5.41, 5.74) is 1.16. The van der Waals surface area contributed by atoms with Crippen molar-refractivity contribution in [2.45, 2.75) is 25.8 Å². The maximum atomic E-state index is 12.7. The molecule has 2 N–H and O–H groups in total. The quantitative estimate of drug-likeness (QED) is 0.674. The molecule has 2 aromatic rings. The van der Waals surface area contributed by atoms with Crippen LogP contribution in [0, 0.1) is 0 Å².